The molecule has 1 N–H and O–H groups in total. The Labute approximate surface area is 183 Å². The van der Waals surface area contributed by atoms with E-state index in [-0.39, 0.29) is 24.3 Å². The molecule has 1 atom stereocenters. The zero-order chi connectivity index (χ0) is 20.5. The molecule has 2 aromatic heterocycles. The van der Waals surface area contributed by atoms with Crippen LogP contribution in [0.3, 0.4) is 0 Å². The number of likely N-dealkylation sites (N-methyl/N-ethyl adjacent to an activating group) is 1. The molecule has 0 aliphatic heterocycles. The summed E-state index contributed by atoms with van der Waals surface area (Å²) in [6, 6.07) is 17.4. The molecule has 0 saturated heterocycles. The molecule has 156 valence electrons. The van der Waals surface area contributed by atoms with E-state index in [0.717, 1.165) is 29.0 Å². The van der Waals surface area contributed by atoms with Gasteiger partial charge in [-0.2, -0.15) is 0 Å². The maximum atomic E-state index is 13.5. The van der Waals surface area contributed by atoms with Crippen molar-refractivity contribution in [1.29, 1.82) is 0 Å². The average molecular weight is 424 g/mol. The Hall–Kier alpha value is -2.85. The second-order valence-electron chi connectivity index (χ2n) is 7.79. The molecule has 1 unspecified atom stereocenters. The number of nitrogens with one attached hydrogen (secondary N) is 1. The summed E-state index contributed by atoms with van der Waals surface area (Å²) < 4.78 is 13.5. The van der Waals surface area contributed by atoms with Crippen molar-refractivity contribution in [3.05, 3.63) is 94.7 Å². The van der Waals surface area contributed by atoms with Crippen LogP contribution in [0.25, 0.3) is 10.9 Å². The van der Waals surface area contributed by atoms with E-state index in [2.05, 4.69) is 68.0 Å². The number of H-pyrrole nitrogens is 1. The molecule has 4 rings (SSSR count). The third kappa shape index (κ3) is 4.19. The Morgan fingerprint density at radius 2 is 1.63 bits per heavy atom. The summed E-state index contributed by atoms with van der Waals surface area (Å²) in [6.07, 6.45) is 2.69. The van der Waals surface area contributed by atoms with Gasteiger partial charge in [0, 0.05) is 30.0 Å². The molecule has 0 radical (unpaired) electrons. The van der Waals surface area contributed by atoms with Crippen molar-refractivity contribution in [2.24, 2.45) is 0 Å². The van der Waals surface area contributed by atoms with Crippen LogP contribution in [0.1, 0.15) is 34.1 Å². The van der Waals surface area contributed by atoms with Crippen LogP contribution in [0.5, 0.6) is 0 Å². The van der Waals surface area contributed by atoms with Gasteiger partial charge in [0.05, 0.1) is 17.3 Å². The van der Waals surface area contributed by atoms with Crippen molar-refractivity contribution >= 4 is 29.0 Å². The standard InChI is InChI=1S/C25H26FN3.ClH/c1-16-5-7-19(8-6-16)15-23(29(4)21-11-9-20(26)10-12-21)25-24-22(13-14-27-25)17(2)18(3)28-24;/h5-14,23,28H,15H2,1-4H3;1H. The second-order valence-corrected chi connectivity index (χ2v) is 7.79. The Morgan fingerprint density at radius 3 is 2.30 bits per heavy atom. The maximum absolute atomic E-state index is 13.5. The summed E-state index contributed by atoms with van der Waals surface area (Å²) in [4.78, 5) is 10.5. The average Bonchev–Trinajstić information content (AvgIpc) is 3.02. The van der Waals surface area contributed by atoms with Gasteiger partial charge in [0.25, 0.3) is 0 Å². The lowest BCUT2D eigenvalue weighted by Gasteiger charge is -2.30. The van der Waals surface area contributed by atoms with Gasteiger partial charge < -0.3 is 9.88 Å². The highest BCUT2D eigenvalue weighted by Crippen LogP contribution is 2.33. The van der Waals surface area contributed by atoms with Gasteiger partial charge in [0.15, 0.2) is 0 Å². The van der Waals surface area contributed by atoms with E-state index in [9.17, 15) is 4.39 Å². The monoisotopic (exact) mass is 423 g/mol. The molecule has 30 heavy (non-hydrogen) atoms. The number of aryl methyl sites for hydroxylation is 3. The molecule has 5 heteroatoms. The van der Waals surface area contributed by atoms with Crippen molar-refractivity contribution in [3.63, 3.8) is 0 Å². The topological polar surface area (TPSA) is 31.9 Å². The number of nitrogens with zero attached hydrogens (tertiary/aromatic N) is 2. The maximum Gasteiger partial charge on any atom is 0.123 e. The first kappa shape index (κ1) is 21.8. The summed E-state index contributed by atoms with van der Waals surface area (Å²) in [5.41, 5.74) is 7.94. The molecule has 0 aliphatic carbocycles. The van der Waals surface area contributed by atoms with E-state index in [1.807, 2.05) is 18.3 Å². The lowest BCUT2D eigenvalue weighted by atomic mass is 9.98. The smallest absolute Gasteiger partial charge is 0.123 e. The number of rotatable bonds is 5. The predicted molar refractivity (Wildman–Crippen MR) is 125 cm³/mol. The molecular weight excluding hydrogens is 397 g/mol. The molecular formula is C25H27ClFN3. The Balaban J connectivity index is 0.00000256. The highest BCUT2D eigenvalue weighted by Gasteiger charge is 2.23. The van der Waals surface area contributed by atoms with Crippen molar-refractivity contribution in [1.82, 2.24) is 9.97 Å². The van der Waals surface area contributed by atoms with Gasteiger partial charge in [-0.3, -0.25) is 4.98 Å². The van der Waals surface area contributed by atoms with Crippen LogP contribution in [-0.4, -0.2) is 17.0 Å². The molecule has 2 heterocycles. The Bertz CT molecular complexity index is 1130. The Morgan fingerprint density at radius 1 is 0.967 bits per heavy atom. The highest BCUT2D eigenvalue weighted by atomic mass is 35.5. The van der Waals surface area contributed by atoms with E-state index in [0.29, 0.717) is 0 Å². The van der Waals surface area contributed by atoms with E-state index >= 15 is 0 Å². The van der Waals surface area contributed by atoms with Gasteiger partial charge in [-0.25, -0.2) is 4.39 Å². The zero-order valence-electron chi connectivity index (χ0n) is 17.7. The fourth-order valence-electron chi connectivity index (χ4n) is 3.88. The van der Waals surface area contributed by atoms with Crippen molar-refractivity contribution in [2.45, 2.75) is 33.2 Å². The fraction of sp³-hybridized carbons (Fsp3) is 0.240. The third-order valence-corrected chi connectivity index (χ3v) is 5.83. The third-order valence-electron chi connectivity index (χ3n) is 5.83. The summed E-state index contributed by atoms with van der Waals surface area (Å²) in [7, 11) is 2.05. The normalized spacial score (nSPS) is 11.9. The number of benzene rings is 2. The van der Waals surface area contributed by atoms with Gasteiger partial charge in [-0.1, -0.05) is 29.8 Å². The van der Waals surface area contributed by atoms with Crippen LogP contribution in [0.2, 0.25) is 0 Å². The minimum absolute atomic E-state index is 0. The highest BCUT2D eigenvalue weighted by molar-refractivity contribution is 5.86. The lowest BCUT2D eigenvalue weighted by molar-refractivity contribution is 0.624. The van der Waals surface area contributed by atoms with E-state index in [4.69, 9.17) is 4.98 Å². The van der Waals surface area contributed by atoms with E-state index in [1.165, 1.54) is 34.2 Å². The van der Waals surface area contributed by atoms with Crippen LogP contribution < -0.4 is 4.90 Å². The van der Waals surface area contributed by atoms with Crippen LogP contribution in [-0.2, 0) is 6.42 Å². The van der Waals surface area contributed by atoms with Crippen LogP contribution in [0.4, 0.5) is 10.1 Å². The van der Waals surface area contributed by atoms with Gasteiger partial charge >= 0.3 is 0 Å². The molecule has 0 fully saturated rings. The SMILES string of the molecule is Cc1ccc(CC(c2nccc3c(C)c(C)[nH]c23)N(C)c2ccc(F)cc2)cc1.Cl. The number of hydrogen-bond donors (Lipinski definition) is 1. The molecule has 0 bridgehead atoms. The number of pyridine rings is 1. The molecule has 0 saturated carbocycles. The number of hydrogen-bond acceptors (Lipinski definition) is 2. The minimum atomic E-state index is -0.229. The van der Waals surface area contributed by atoms with Gasteiger partial charge in [-0.05, 0) is 68.7 Å². The molecule has 3 nitrogen and oxygen atoms in total. The van der Waals surface area contributed by atoms with Gasteiger partial charge in [-0.15, -0.1) is 12.4 Å². The fourth-order valence-corrected chi connectivity index (χ4v) is 3.88. The van der Waals surface area contributed by atoms with Crippen LogP contribution in [0, 0.1) is 26.6 Å². The van der Waals surface area contributed by atoms with Crippen molar-refractivity contribution in [3.8, 4) is 0 Å². The summed E-state index contributed by atoms with van der Waals surface area (Å²) in [6.45, 7) is 6.33. The molecule has 0 amide bonds. The van der Waals surface area contributed by atoms with Gasteiger partial charge in [0.2, 0.25) is 0 Å². The number of fused-ring (bicyclic) bond motifs is 1. The zero-order valence-corrected chi connectivity index (χ0v) is 18.6. The summed E-state index contributed by atoms with van der Waals surface area (Å²) in [5.74, 6) is -0.229. The molecule has 4 aromatic rings. The quantitative estimate of drug-likeness (QED) is 0.399. The summed E-state index contributed by atoms with van der Waals surface area (Å²) >= 11 is 0. The number of aromatic nitrogens is 2. The molecule has 2 aromatic carbocycles. The number of anilines is 1. The second kappa shape index (κ2) is 8.88. The molecule has 0 aliphatic rings. The first-order valence-corrected chi connectivity index (χ1v) is 9.92. The Kier molecular flexibility index (Phi) is 6.47. The van der Waals surface area contributed by atoms with Crippen LogP contribution >= 0.6 is 12.4 Å². The van der Waals surface area contributed by atoms with Crippen molar-refractivity contribution < 1.29 is 4.39 Å². The number of halogens is 2. The predicted octanol–water partition coefficient (Wildman–Crippen LogP) is 6.47. The first-order valence-electron chi connectivity index (χ1n) is 9.92. The lowest BCUT2D eigenvalue weighted by Crippen LogP contribution is -2.27. The largest absolute Gasteiger partial charge is 0.366 e. The summed E-state index contributed by atoms with van der Waals surface area (Å²) in [5, 5.41) is 1.20. The minimum Gasteiger partial charge on any atom is -0.366 e. The van der Waals surface area contributed by atoms with E-state index in [1.54, 1.807) is 0 Å². The van der Waals surface area contributed by atoms with Crippen LogP contribution in [0.15, 0.2) is 60.8 Å². The number of aromatic amines is 1. The van der Waals surface area contributed by atoms with Crippen molar-refractivity contribution in [2.75, 3.05) is 11.9 Å². The van der Waals surface area contributed by atoms with E-state index < -0.39 is 0 Å². The first-order chi connectivity index (χ1) is 13.9. The molecule has 0 spiro atoms. The van der Waals surface area contributed by atoms with Gasteiger partial charge in [0.1, 0.15) is 5.82 Å².